The third-order valence-corrected chi connectivity index (χ3v) is 4.49. The molecule has 0 saturated carbocycles. The van der Waals surface area contributed by atoms with E-state index in [1.54, 1.807) is 61.7 Å². The van der Waals surface area contributed by atoms with Crippen molar-refractivity contribution in [2.75, 3.05) is 17.7 Å². The van der Waals surface area contributed by atoms with Crippen molar-refractivity contribution in [2.45, 2.75) is 0 Å². The third kappa shape index (κ3) is 4.63. The first-order valence-corrected chi connectivity index (χ1v) is 9.04. The molecule has 3 rings (SSSR count). The molecule has 0 fully saturated rings. The number of halogens is 2. The molecule has 0 aliphatic rings. The zero-order valence-corrected chi connectivity index (χ0v) is 16.3. The molecule has 0 spiro atoms. The van der Waals surface area contributed by atoms with E-state index in [9.17, 15) is 9.59 Å². The lowest BCUT2D eigenvalue weighted by atomic mass is 10.1. The largest absolute Gasteiger partial charge is 0.497 e. The first-order chi connectivity index (χ1) is 13.5. The zero-order chi connectivity index (χ0) is 20.1. The lowest BCUT2D eigenvalue weighted by molar-refractivity contribution is 0.102. The summed E-state index contributed by atoms with van der Waals surface area (Å²) < 4.78 is 5.10. The third-order valence-electron chi connectivity index (χ3n) is 3.94. The standard InChI is InChI=1S/C21H16Cl2N2O3/c1-28-15-9-7-14(8-10-15)24-21(27)17-4-2-3-5-19(17)25-20(26)16-11-6-13(22)12-18(16)23/h2-12H,1H3,(H,24,27)(H,25,26). The van der Waals surface area contributed by atoms with Crippen LogP contribution >= 0.6 is 23.2 Å². The maximum atomic E-state index is 12.7. The molecule has 7 heteroatoms. The van der Waals surface area contributed by atoms with Crippen LogP contribution in [0.25, 0.3) is 0 Å². The van der Waals surface area contributed by atoms with Crippen LogP contribution in [0.4, 0.5) is 11.4 Å². The number of amides is 2. The van der Waals surface area contributed by atoms with Crippen molar-refractivity contribution in [3.63, 3.8) is 0 Å². The monoisotopic (exact) mass is 414 g/mol. The molecule has 0 saturated heterocycles. The van der Waals surface area contributed by atoms with E-state index < -0.39 is 5.91 Å². The Balaban J connectivity index is 1.80. The maximum absolute atomic E-state index is 12.7. The van der Waals surface area contributed by atoms with Gasteiger partial charge in [0.1, 0.15) is 5.75 Å². The van der Waals surface area contributed by atoms with Crippen LogP contribution in [-0.2, 0) is 0 Å². The van der Waals surface area contributed by atoms with Gasteiger partial charge in [0.25, 0.3) is 11.8 Å². The van der Waals surface area contributed by atoms with Gasteiger partial charge in [0, 0.05) is 10.7 Å². The van der Waals surface area contributed by atoms with E-state index in [1.807, 2.05) is 0 Å². The van der Waals surface area contributed by atoms with Gasteiger partial charge < -0.3 is 15.4 Å². The first kappa shape index (κ1) is 19.7. The second-order valence-electron chi connectivity index (χ2n) is 5.81. The minimum Gasteiger partial charge on any atom is -0.497 e. The summed E-state index contributed by atoms with van der Waals surface area (Å²) in [5.41, 5.74) is 1.55. The summed E-state index contributed by atoms with van der Waals surface area (Å²) in [5, 5.41) is 6.18. The molecule has 5 nitrogen and oxygen atoms in total. The molecule has 2 N–H and O–H groups in total. The Hall–Kier alpha value is -3.02. The zero-order valence-electron chi connectivity index (χ0n) is 14.8. The van der Waals surface area contributed by atoms with Gasteiger partial charge in [-0.25, -0.2) is 0 Å². The van der Waals surface area contributed by atoms with Crippen LogP contribution < -0.4 is 15.4 Å². The van der Waals surface area contributed by atoms with E-state index in [-0.39, 0.29) is 16.5 Å². The Labute approximate surface area is 172 Å². The van der Waals surface area contributed by atoms with Gasteiger partial charge in [-0.1, -0.05) is 35.3 Å². The fourth-order valence-electron chi connectivity index (χ4n) is 2.53. The lowest BCUT2D eigenvalue weighted by Gasteiger charge is -2.12. The summed E-state index contributed by atoms with van der Waals surface area (Å²) in [7, 11) is 1.57. The molecule has 3 aromatic carbocycles. The van der Waals surface area contributed by atoms with E-state index in [0.29, 0.717) is 27.7 Å². The quantitative estimate of drug-likeness (QED) is 0.578. The number of methoxy groups -OCH3 is 1. The summed E-state index contributed by atoms with van der Waals surface area (Å²) in [6.07, 6.45) is 0. The topological polar surface area (TPSA) is 67.4 Å². The molecule has 0 heterocycles. The molecule has 3 aromatic rings. The number of carbonyl (C=O) groups is 2. The fourth-order valence-corrected chi connectivity index (χ4v) is 3.02. The molecule has 0 aliphatic carbocycles. The molecule has 0 aliphatic heterocycles. The molecule has 28 heavy (non-hydrogen) atoms. The predicted octanol–water partition coefficient (Wildman–Crippen LogP) is 5.51. The van der Waals surface area contributed by atoms with Crippen LogP contribution in [0.5, 0.6) is 5.75 Å². The van der Waals surface area contributed by atoms with Crippen molar-refractivity contribution in [1.82, 2.24) is 0 Å². The lowest BCUT2D eigenvalue weighted by Crippen LogP contribution is -2.18. The number of benzene rings is 3. The highest BCUT2D eigenvalue weighted by atomic mass is 35.5. The van der Waals surface area contributed by atoms with Crippen molar-refractivity contribution >= 4 is 46.4 Å². The van der Waals surface area contributed by atoms with Crippen molar-refractivity contribution in [2.24, 2.45) is 0 Å². The molecule has 142 valence electrons. The minimum absolute atomic E-state index is 0.227. The van der Waals surface area contributed by atoms with Gasteiger partial charge in [-0.05, 0) is 54.6 Å². The summed E-state index contributed by atoms with van der Waals surface area (Å²) in [6.45, 7) is 0. The van der Waals surface area contributed by atoms with E-state index in [2.05, 4.69) is 10.6 Å². The minimum atomic E-state index is -0.439. The van der Waals surface area contributed by atoms with Crippen molar-refractivity contribution in [1.29, 1.82) is 0 Å². The van der Waals surface area contributed by atoms with Crippen LogP contribution in [0, 0.1) is 0 Å². The van der Waals surface area contributed by atoms with E-state index in [1.165, 1.54) is 12.1 Å². The van der Waals surface area contributed by atoms with Crippen molar-refractivity contribution < 1.29 is 14.3 Å². The van der Waals surface area contributed by atoms with Crippen molar-refractivity contribution in [3.8, 4) is 5.75 Å². The summed E-state index contributed by atoms with van der Waals surface area (Å²) in [5.74, 6) is -0.111. The SMILES string of the molecule is COc1ccc(NC(=O)c2ccccc2NC(=O)c2ccc(Cl)cc2Cl)cc1. The number of ether oxygens (including phenoxy) is 1. The Kier molecular flexibility index (Phi) is 6.19. The number of rotatable bonds is 5. The molecule has 2 amide bonds. The maximum Gasteiger partial charge on any atom is 0.257 e. The highest BCUT2D eigenvalue weighted by Crippen LogP contribution is 2.24. The average molecular weight is 415 g/mol. The molecule has 0 aromatic heterocycles. The summed E-state index contributed by atoms with van der Waals surface area (Å²) in [4.78, 5) is 25.2. The van der Waals surface area contributed by atoms with Gasteiger partial charge in [0.05, 0.1) is 28.9 Å². The van der Waals surface area contributed by atoms with Gasteiger partial charge >= 0.3 is 0 Å². The van der Waals surface area contributed by atoms with Crippen LogP contribution in [0.1, 0.15) is 20.7 Å². The van der Waals surface area contributed by atoms with E-state index in [4.69, 9.17) is 27.9 Å². The molecule has 0 atom stereocenters. The summed E-state index contributed by atoms with van der Waals surface area (Å²) >= 11 is 12.0. The number of carbonyl (C=O) groups excluding carboxylic acids is 2. The number of nitrogens with one attached hydrogen (secondary N) is 2. The summed E-state index contributed by atoms with van der Waals surface area (Å²) in [6, 6.07) is 18.2. The Morgan fingerprint density at radius 3 is 2.18 bits per heavy atom. The van der Waals surface area contributed by atoms with E-state index >= 15 is 0 Å². The fraction of sp³-hybridized carbons (Fsp3) is 0.0476. The Bertz CT molecular complexity index is 1020. The van der Waals surface area contributed by atoms with Crippen LogP contribution in [-0.4, -0.2) is 18.9 Å². The van der Waals surface area contributed by atoms with Gasteiger partial charge in [0.15, 0.2) is 0 Å². The van der Waals surface area contributed by atoms with E-state index in [0.717, 1.165) is 0 Å². The van der Waals surface area contributed by atoms with Crippen LogP contribution in [0.15, 0.2) is 66.7 Å². The van der Waals surface area contributed by atoms with Gasteiger partial charge in [0.2, 0.25) is 0 Å². The molecular weight excluding hydrogens is 399 g/mol. The van der Waals surface area contributed by atoms with Gasteiger partial charge in [-0.2, -0.15) is 0 Å². The first-order valence-electron chi connectivity index (χ1n) is 8.29. The Morgan fingerprint density at radius 1 is 0.821 bits per heavy atom. The van der Waals surface area contributed by atoms with Gasteiger partial charge in [-0.3, -0.25) is 9.59 Å². The highest BCUT2D eigenvalue weighted by Gasteiger charge is 2.16. The second-order valence-corrected chi connectivity index (χ2v) is 6.65. The second kappa shape index (κ2) is 8.78. The smallest absolute Gasteiger partial charge is 0.257 e. The van der Waals surface area contributed by atoms with Crippen LogP contribution in [0.3, 0.4) is 0 Å². The highest BCUT2D eigenvalue weighted by molar-refractivity contribution is 6.37. The predicted molar refractivity (Wildman–Crippen MR) is 112 cm³/mol. The normalized spacial score (nSPS) is 10.2. The van der Waals surface area contributed by atoms with Crippen molar-refractivity contribution in [3.05, 3.63) is 87.9 Å². The van der Waals surface area contributed by atoms with Gasteiger partial charge in [-0.15, -0.1) is 0 Å². The molecule has 0 bridgehead atoms. The Morgan fingerprint density at radius 2 is 1.50 bits per heavy atom. The molecule has 0 radical (unpaired) electrons. The number of hydrogen-bond donors (Lipinski definition) is 2. The van der Waals surface area contributed by atoms with Crippen LogP contribution in [0.2, 0.25) is 10.0 Å². The number of anilines is 2. The molecule has 0 unspecified atom stereocenters. The molecular formula is C21H16Cl2N2O3. The number of para-hydroxylation sites is 1. The average Bonchev–Trinajstić information content (AvgIpc) is 2.68. The number of hydrogen-bond acceptors (Lipinski definition) is 3.